The van der Waals surface area contributed by atoms with E-state index in [0.29, 0.717) is 25.5 Å². The van der Waals surface area contributed by atoms with E-state index < -0.39 is 0 Å². The van der Waals surface area contributed by atoms with Crippen LogP contribution in [0.3, 0.4) is 0 Å². The number of hydrogen-bond acceptors (Lipinski definition) is 5. The Balaban J connectivity index is 1.71. The maximum atomic E-state index is 11.4. The number of carbonyl (C=O) groups excluding carboxylic acids is 1. The number of esters is 1. The molecule has 168 valence electrons. The minimum absolute atomic E-state index is 0.129. The SMILES string of the molecule is CCOC(=O)CCCCCOc1cc(-c2ccc(N(C)C)cc2)cc(-c2ccccc2)n1. The van der Waals surface area contributed by atoms with Crippen molar-refractivity contribution in [2.75, 3.05) is 32.2 Å². The maximum Gasteiger partial charge on any atom is 0.305 e. The van der Waals surface area contributed by atoms with Crippen molar-refractivity contribution in [1.29, 1.82) is 0 Å². The van der Waals surface area contributed by atoms with Crippen molar-refractivity contribution in [3.8, 4) is 28.3 Å². The monoisotopic (exact) mass is 432 g/mol. The number of ether oxygens (including phenoxy) is 2. The molecule has 0 fully saturated rings. The van der Waals surface area contributed by atoms with E-state index in [1.54, 1.807) is 0 Å². The van der Waals surface area contributed by atoms with Crippen molar-refractivity contribution in [3.05, 3.63) is 66.7 Å². The predicted octanol–water partition coefficient (Wildman–Crippen LogP) is 5.98. The van der Waals surface area contributed by atoms with Crippen LogP contribution >= 0.6 is 0 Å². The zero-order valence-corrected chi connectivity index (χ0v) is 19.2. The van der Waals surface area contributed by atoms with Gasteiger partial charge in [-0.25, -0.2) is 4.98 Å². The van der Waals surface area contributed by atoms with Gasteiger partial charge in [0.2, 0.25) is 5.88 Å². The van der Waals surface area contributed by atoms with E-state index >= 15 is 0 Å². The van der Waals surface area contributed by atoms with Gasteiger partial charge in [-0.3, -0.25) is 4.79 Å². The van der Waals surface area contributed by atoms with Crippen LogP contribution in [0.15, 0.2) is 66.7 Å². The van der Waals surface area contributed by atoms with Crippen LogP contribution < -0.4 is 9.64 Å². The molecule has 1 heterocycles. The third-order valence-electron chi connectivity index (χ3n) is 5.17. The lowest BCUT2D eigenvalue weighted by molar-refractivity contribution is -0.143. The molecular formula is C27H32N2O3. The second kappa shape index (κ2) is 11.9. The fourth-order valence-electron chi connectivity index (χ4n) is 3.41. The first-order valence-electron chi connectivity index (χ1n) is 11.2. The van der Waals surface area contributed by atoms with E-state index in [1.807, 2.05) is 45.3 Å². The van der Waals surface area contributed by atoms with Crippen LogP contribution in [0.2, 0.25) is 0 Å². The van der Waals surface area contributed by atoms with E-state index in [-0.39, 0.29) is 5.97 Å². The molecule has 3 rings (SSSR count). The number of nitrogens with zero attached hydrogens (tertiary/aromatic N) is 2. The Morgan fingerprint density at radius 1 is 0.875 bits per heavy atom. The average molecular weight is 433 g/mol. The van der Waals surface area contributed by atoms with Crippen LogP contribution in [-0.2, 0) is 9.53 Å². The topological polar surface area (TPSA) is 51.7 Å². The normalized spacial score (nSPS) is 10.6. The molecule has 5 nitrogen and oxygen atoms in total. The molecule has 32 heavy (non-hydrogen) atoms. The summed E-state index contributed by atoms with van der Waals surface area (Å²) in [4.78, 5) is 18.3. The molecule has 3 aromatic rings. The van der Waals surface area contributed by atoms with Gasteiger partial charge in [-0.15, -0.1) is 0 Å². The Morgan fingerprint density at radius 3 is 2.31 bits per heavy atom. The lowest BCUT2D eigenvalue weighted by Gasteiger charge is -2.14. The number of carbonyl (C=O) groups is 1. The van der Waals surface area contributed by atoms with Crippen molar-refractivity contribution < 1.29 is 14.3 Å². The van der Waals surface area contributed by atoms with E-state index in [2.05, 4.69) is 47.4 Å². The van der Waals surface area contributed by atoms with Gasteiger partial charge in [0.15, 0.2) is 0 Å². The van der Waals surface area contributed by atoms with Crippen LogP contribution in [-0.4, -0.2) is 38.3 Å². The molecule has 0 aliphatic heterocycles. The number of pyridine rings is 1. The number of hydrogen-bond donors (Lipinski definition) is 0. The summed E-state index contributed by atoms with van der Waals surface area (Å²) in [6.45, 7) is 2.83. The van der Waals surface area contributed by atoms with Gasteiger partial charge in [0.1, 0.15) is 0 Å². The molecule has 2 aromatic carbocycles. The summed E-state index contributed by atoms with van der Waals surface area (Å²) < 4.78 is 11.0. The average Bonchev–Trinajstić information content (AvgIpc) is 2.82. The third-order valence-corrected chi connectivity index (χ3v) is 5.17. The zero-order chi connectivity index (χ0) is 22.8. The van der Waals surface area contributed by atoms with Crippen molar-refractivity contribution in [1.82, 2.24) is 4.98 Å². The number of anilines is 1. The summed E-state index contributed by atoms with van der Waals surface area (Å²) in [6.07, 6.45) is 3.05. The summed E-state index contributed by atoms with van der Waals surface area (Å²) in [7, 11) is 4.07. The molecule has 0 atom stereocenters. The number of benzene rings is 2. The van der Waals surface area contributed by atoms with E-state index in [9.17, 15) is 4.79 Å². The second-order valence-electron chi connectivity index (χ2n) is 7.85. The molecule has 0 bridgehead atoms. The highest BCUT2D eigenvalue weighted by Gasteiger charge is 2.09. The minimum atomic E-state index is -0.129. The van der Waals surface area contributed by atoms with Gasteiger partial charge < -0.3 is 14.4 Å². The van der Waals surface area contributed by atoms with Crippen molar-refractivity contribution >= 4 is 11.7 Å². The summed E-state index contributed by atoms with van der Waals surface area (Å²) in [6, 6.07) is 22.7. The summed E-state index contributed by atoms with van der Waals surface area (Å²) in [5.74, 6) is 0.485. The first kappa shape index (κ1) is 23.3. The van der Waals surface area contributed by atoms with Crippen LogP contribution in [0.1, 0.15) is 32.6 Å². The molecule has 0 spiro atoms. The van der Waals surface area contributed by atoms with Crippen LogP contribution in [0.4, 0.5) is 5.69 Å². The number of aromatic nitrogens is 1. The van der Waals surface area contributed by atoms with Crippen molar-refractivity contribution in [3.63, 3.8) is 0 Å². The fourth-order valence-corrected chi connectivity index (χ4v) is 3.41. The Hall–Kier alpha value is -3.34. The molecule has 0 aliphatic carbocycles. The number of unbranched alkanes of at least 4 members (excludes halogenated alkanes) is 2. The predicted molar refractivity (Wildman–Crippen MR) is 130 cm³/mol. The van der Waals surface area contributed by atoms with Crippen molar-refractivity contribution in [2.45, 2.75) is 32.6 Å². The quantitative estimate of drug-likeness (QED) is 0.275. The van der Waals surface area contributed by atoms with Gasteiger partial charge in [0.25, 0.3) is 0 Å². The molecular weight excluding hydrogens is 400 g/mol. The van der Waals surface area contributed by atoms with Crippen LogP contribution in [0.5, 0.6) is 5.88 Å². The number of rotatable bonds is 11. The summed E-state index contributed by atoms with van der Waals surface area (Å²) >= 11 is 0. The van der Waals surface area contributed by atoms with E-state index in [0.717, 1.165) is 47.3 Å². The molecule has 1 aromatic heterocycles. The third kappa shape index (κ3) is 6.84. The summed E-state index contributed by atoms with van der Waals surface area (Å²) in [5.41, 5.74) is 5.29. The van der Waals surface area contributed by atoms with Gasteiger partial charge >= 0.3 is 5.97 Å². The fraction of sp³-hybridized carbons (Fsp3) is 0.333. The van der Waals surface area contributed by atoms with Crippen molar-refractivity contribution in [2.24, 2.45) is 0 Å². The molecule has 0 aliphatic rings. The maximum absolute atomic E-state index is 11.4. The molecule has 0 saturated carbocycles. The second-order valence-corrected chi connectivity index (χ2v) is 7.85. The standard InChI is InChI=1S/C27H32N2O3/c1-4-31-27(30)13-9-6-10-18-32-26-20-23(21-14-16-24(17-15-21)29(2)3)19-25(28-26)22-11-7-5-8-12-22/h5,7-8,11-12,14-17,19-20H,4,6,9-10,13,18H2,1-3H3. The first-order chi connectivity index (χ1) is 15.6. The van der Waals surface area contributed by atoms with Gasteiger partial charge in [0.05, 0.1) is 18.9 Å². The van der Waals surface area contributed by atoms with E-state index in [4.69, 9.17) is 14.5 Å². The first-order valence-corrected chi connectivity index (χ1v) is 11.2. The Bertz CT molecular complexity index is 986. The van der Waals surface area contributed by atoms with E-state index in [1.165, 1.54) is 0 Å². The molecule has 5 heteroatoms. The Morgan fingerprint density at radius 2 is 1.62 bits per heavy atom. The largest absolute Gasteiger partial charge is 0.478 e. The van der Waals surface area contributed by atoms with Crippen LogP contribution in [0, 0.1) is 0 Å². The zero-order valence-electron chi connectivity index (χ0n) is 19.2. The minimum Gasteiger partial charge on any atom is -0.478 e. The highest BCUT2D eigenvalue weighted by Crippen LogP contribution is 2.30. The van der Waals surface area contributed by atoms with Gasteiger partial charge in [-0.05, 0) is 55.5 Å². The highest BCUT2D eigenvalue weighted by atomic mass is 16.5. The van der Waals surface area contributed by atoms with Crippen LogP contribution in [0.25, 0.3) is 22.4 Å². The van der Waals surface area contributed by atoms with Gasteiger partial charge in [0, 0.05) is 37.8 Å². The van der Waals surface area contributed by atoms with Gasteiger partial charge in [-0.1, -0.05) is 42.5 Å². The molecule has 0 N–H and O–H groups in total. The molecule has 0 radical (unpaired) electrons. The Kier molecular flexibility index (Phi) is 8.67. The summed E-state index contributed by atoms with van der Waals surface area (Å²) in [5, 5.41) is 0. The molecule has 0 unspecified atom stereocenters. The lowest BCUT2D eigenvalue weighted by Crippen LogP contribution is -2.07. The smallest absolute Gasteiger partial charge is 0.305 e. The van der Waals surface area contributed by atoms with Gasteiger partial charge in [-0.2, -0.15) is 0 Å². The highest BCUT2D eigenvalue weighted by molar-refractivity contribution is 5.73. The molecule has 0 amide bonds. The lowest BCUT2D eigenvalue weighted by atomic mass is 10.0. The Labute approximate surface area is 191 Å². The molecule has 0 saturated heterocycles.